The molecule has 0 N–H and O–H groups in total. The van der Waals surface area contributed by atoms with Crippen LogP contribution in [0.2, 0.25) is 0 Å². The maximum absolute atomic E-state index is 5.90. The van der Waals surface area contributed by atoms with Crippen molar-refractivity contribution < 1.29 is 4.74 Å². The second kappa shape index (κ2) is 6.86. The van der Waals surface area contributed by atoms with Crippen LogP contribution in [-0.2, 0) is 11.3 Å². The van der Waals surface area contributed by atoms with Crippen LogP contribution in [0.5, 0.6) is 0 Å². The Hall–Kier alpha value is -0.930. The Kier molecular flexibility index (Phi) is 5.14. The highest BCUT2D eigenvalue weighted by Gasteiger charge is 2.19. The fraction of sp³-hybridized carbons (Fsp3) is 0.667. The molecule has 100 valence electrons. The van der Waals surface area contributed by atoms with Crippen molar-refractivity contribution in [3.05, 3.63) is 30.1 Å². The van der Waals surface area contributed by atoms with Gasteiger partial charge in [-0.1, -0.05) is 19.9 Å². The van der Waals surface area contributed by atoms with Crippen molar-refractivity contribution in [1.29, 1.82) is 0 Å². The third-order valence-electron chi connectivity index (χ3n) is 3.33. The van der Waals surface area contributed by atoms with Crippen molar-refractivity contribution in [1.82, 2.24) is 9.88 Å². The molecule has 0 aliphatic carbocycles. The second-order valence-electron chi connectivity index (χ2n) is 5.56. The van der Waals surface area contributed by atoms with E-state index < -0.39 is 0 Å². The first-order chi connectivity index (χ1) is 8.74. The molecule has 3 heteroatoms. The molecule has 2 heterocycles. The molecular formula is C15H24N2O. The first-order valence-corrected chi connectivity index (χ1v) is 6.97. The van der Waals surface area contributed by atoms with E-state index in [1.807, 2.05) is 18.5 Å². The Labute approximate surface area is 110 Å². The first kappa shape index (κ1) is 13.5. The van der Waals surface area contributed by atoms with Gasteiger partial charge >= 0.3 is 0 Å². The highest BCUT2D eigenvalue weighted by molar-refractivity contribution is 5.08. The Morgan fingerprint density at radius 3 is 2.78 bits per heavy atom. The number of ether oxygens (including phenoxy) is 1. The summed E-state index contributed by atoms with van der Waals surface area (Å²) in [6.07, 6.45) is 6.58. The molecule has 1 aromatic heterocycles. The summed E-state index contributed by atoms with van der Waals surface area (Å²) >= 11 is 0. The smallest absolute Gasteiger partial charge is 0.0599 e. The lowest BCUT2D eigenvalue weighted by atomic mass is 10.1. The summed E-state index contributed by atoms with van der Waals surface area (Å²) in [5.74, 6) is 0.637. The molecule has 0 aromatic carbocycles. The zero-order chi connectivity index (χ0) is 12.8. The van der Waals surface area contributed by atoms with Crippen LogP contribution < -0.4 is 0 Å². The van der Waals surface area contributed by atoms with Crippen LogP contribution in [-0.4, -0.2) is 35.7 Å². The molecule has 18 heavy (non-hydrogen) atoms. The third-order valence-corrected chi connectivity index (χ3v) is 3.33. The third kappa shape index (κ3) is 4.39. The van der Waals surface area contributed by atoms with Crippen molar-refractivity contribution in [2.75, 3.05) is 19.7 Å². The van der Waals surface area contributed by atoms with Gasteiger partial charge in [0.15, 0.2) is 0 Å². The number of likely N-dealkylation sites (tertiary alicyclic amines) is 1. The van der Waals surface area contributed by atoms with E-state index in [9.17, 15) is 0 Å². The van der Waals surface area contributed by atoms with Crippen LogP contribution in [0.1, 0.15) is 32.3 Å². The molecule has 0 radical (unpaired) electrons. The molecule has 1 aliphatic heterocycles. The minimum absolute atomic E-state index is 0.470. The number of hydrogen-bond acceptors (Lipinski definition) is 3. The molecule has 1 saturated heterocycles. The van der Waals surface area contributed by atoms with Gasteiger partial charge in [-0.15, -0.1) is 0 Å². The van der Waals surface area contributed by atoms with E-state index in [0.29, 0.717) is 12.0 Å². The minimum atomic E-state index is 0.470. The van der Waals surface area contributed by atoms with Gasteiger partial charge in [-0.05, 0) is 30.4 Å². The van der Waals surface area contributed by atoms with Crippen molar-refractivity contribution >= 4 is 0 Å². The number of piperidine rings is 1. The Morgan fingerprint density at radius 2 is 2.17 bits per heavy atom. The van der Waals surface area contributed by atoms with Gasteiger partial charge in [-0.3, -0.25) is 9.88 Å². The van der Waals surface area contributed by atoms with Gasteiger partial charge < -0.3 is 4.74 Å². The lowest BCUT2D eigenvalue weighted by molar-refractivity contribution is -0.00585. The van der Waals surface area contributed by atoms with Crippen molar-refractivity contribution in [3.8, 4) is 0 Å². The first-order valence-electron chi connectivity index (χ1n) is 6.97. The predicted molar refractivity (Wildman–Crippen MR) is 73.3 cm³/mol. The topological polar surface area (TPSA) is 25.4 Å². The molecular weight excluding hydrogens is 224 g/mol. The molecule has 0 unspecified atom stereocenters. The van der Waals surface area contributed by atoms with Crippen molar-refractivity contribution in [2.45, 2.75) is 39.3 Å². The summed E-state index contributed by atoms with van der Waals surface area (Å²) in [6, 6.07) is 4.15. The Balaban J connectivity index is 1.70. The van der Waals surface area contributed by atoms with Crippen LogP contribution in [0, 0.1) is 5.92 Å². The van der Waals surface area contributed by atoms with E-state index in [2.05, 4.69) is 29.8 Å². The summed E-state index contributed by atoms with van der Waals surface area (Å²) in [5.41, 5.74) is 1.30. The molecule has 0 bridgehead atoms. The van der Waals surface area contributed by atoms with Crippen molar-refractivity contribution in [2.24, 2.45) is 5.92 Å². The van der Waals surface area contributed by atoms with Crippen LogP contribution in [0.15, 0.2) is 24.5 Å². The largest absolute Gasteiger partial charge is 0.378 e. The predicted octanol–water partition coefficient (Wildman–Crippen LogP) is 2.72. The van der Waals surface area contributed by atoms with Gasteiger partial charge in [-0.2, -0.15) is 0 Å². The van der Waals surface area contributed by atoms with Crippen LogP contribution in [0.4, 0.5) is 0 Å². The fourth-order valence-electron chi connectivity index (χ4n) is 2.31. The van der Waals surface area contributed by atoms with Gasteiger partial charge in [0.25, 0.3) is 0 Å². The molecule has 3 nitrogen and oxygen atoms in total. The molecule has 0 saturated carbocycles. The summed E-state index contributed by atoms with van der Waals surface area (Å²) < 4.78 is 5.90. The molecule has 0 atom stereocenters. The summed E-state index contributed by atoms with van der Waals surface area (Å²) in [5, 5.41) is 0. The highest BCUT2D eigenvalue weighted by atomic mass is 16.5. The van der Waals surface area contributed by atoms with E-state index in [1.165, 1.54) is 5.56 Å². The number of rotatable bonds is 5. The summed E-state index contributed by atoms with van der Waals surface area (Å²) in [7, 11) is 0. The van der Waals surface area contributed by atoms with Crippen LogP contribution in [0.25, 0.3) is 0 Å². The standard InChI is InChI=1S/C15H24N2O/c1-13(2)12-18-15-5-8-17(9-6-15)11-14-4-3-7-16-10-14/h3-4,7,10,13,15H,5-6,8-9,11-12H2,1-2H3. The minimum Gasteiger partial charge on any atom is -0.378 e. The fourth-order valence-corrected chi connectivity index (χ4v) is 2.31. The lowest BCUT2D eigenvalue weighted by Crippen LogP contribution is -2.37. The van der Waals surface area contributed by atoms with E-state index in [0.717, 1.165) is 39.1 Å². The van der Waals surface area contributed by atoms with E-state index in [4.69, 9.17) is 4.74 Å². The van der Waals surface area contributed by atoms with Gasteiger partial charge in [0.2, 0.25) is 0 Å². The average molecular weight is 248 g/mol. The maximum atomic E-state index is 5.90. The number of aromatic nitrogens is 1. The molecule has 0 amide bonds. The molecule has 2 rings (SSSR count). The van der Waals surface area contributed by atoms with Crippen molar-refractivity contribution in [3.63, 3.8) is 0 Å². The van der Waals surface area contributed by atoms with Gasteiger partial charge in [0, 0.05) is 38.6 Å². The van der Waals surface area contributed by atoms with Gasteiger partial charge in [0.05, 0.1) is 6.10 Å². The normalized spacial score (nSPS) is 18.4. The second-order valence-corrected chi connectivity index (χ2v) is 5.56. The Bertz CT molecular complexity index is 332. The van der Waals surface area contributed by atoms with Gasteiger partial charge in [-0.25, -0.2) is 0 Å². The average Bonchev–Trinajstić information content (AvgIpc) is 2.39. The molecule has 1 aliphatic rings. The van der Waals surface area contributed by atoms with Gasteiger partial charge in [0.1, 0.15) is 0 Å². The van der Waals surface area contributed by atoms with E-state index in [1.54, 1.807) is 0 Å². The number of nitrogens with zero attached hydrogens (tertiary/aromatic N) is 2. The number of hydrogen-bond donors (Lipinski definition) is 0. The summed E-state index contributed by atoms with van der Waals surface area (Å²) in [6.45, 7) is 8.60. The zero-order valence-corrected chi connectivity index (χ0v) is 11.5. The number of pyridine rings is 1. The van der Waals surface area contributed by atoms with Crippen LogP contribution >= 0.6 is 0 Å². The molecule has 1 fully saturated rings. The summed E-state index contributed by atoms with van der Waals surface area (Å²) in [4.78, 5) is 6.65. The zero-order valence-electron chi connectivity index (χ0n) is 11.5. The SMILES string of the molecule is CC(C)COC1CCN(Cc2cccnc2)CC1. The quantitative estimate of drug-likeness (QED) is 0.801. The highest BCUT2D eigenvalue weighted by Crippen LogP contribution is 2.16. The van der Waals surface area contributed by atoms with E-state index in [-0.39, 0.29) is 0 Å². The van der Waals surface area contributed by atoms with E-state index >= 15 is 0 Å². The molecule has 1 aromatic rings. The monoisotopic (exact) mass is 248 g/mol. The lowest BCUT2D eigenvalue weighted by Gasteiger charge is -2.32. The van der Waals surface area contributed by atoms with Crippen LogP contribution in [0.3, 0.4) is 0 Å². The maximum Gasteiger partial charge on any atom is 0.0599 e. The molecule has 0 spiro atoms. The Morgan fingerprint density at radius 1 is 1.39 bits per heavy atom.